The van der Waals surface area contributed by atoms with Crippen LogP contribution in [0.15, 0.2) is 33.9 Å². The minimum atomic E-state index is -0.0169. The molecule has 0 spiro atoms. The first-order valence-corrected chi connectivity index (χ1v) is 7.86. The molecule has 6 heteroatoms. The zero-order valence-corrected chi connectivity index (χ0v) is 13.2. The SMILES string of the molecule is Cc1cccc(NC(=O)CCSc2nnc(C(C)C)o2)c1. The molecule has 1 N–H and O–H groups in total. The third-order valence-electron chi connectivity index (χ3n) is 2.77. The maximum atomic E-state index is 11.8. The fourth-order valence-electron chi connectivity index (χ4n) is 1.69. The second kappa shape index (κ2) is 7.26. The highest BCUT2D eigenvalue weighted by Gasteiger charge is 2.10. The molecular formula is C15H19N3O2S. The molecule has 0 radical (unpaired) electrons. The zero-order valence-electron chi connectivity index (χ0n) is 12.4. The molecule has 0 aliphatic carbocycles. The van der Waals surface area contributed by atoms with Crippen molar-refractivity contribution in [3.05, 3.63) is 35.7 Å². The van der Waals surface area contributed by atoms with Gasteiger partial charge in [0.1, 0.15) is 0 Å². The van der Waals surface area contributed by atoms with Crippen LogP contribution < -0.4 is 5.32 Å². The zero-order chi connectivity index (χ0) is 15.2. The number of hydrogen-bond acceptors (Lipinski definition) is 5. The summed E-state index contributed by atoms with van der Waals surface area (Å²) in [6, 6.07) is 7.74. The number of benzene rings is 1. The van der Waals surface area contributed by atoms with E-state index >= 15 is 0 Å². The standard InChI is InChI=1S/C15H19N3O2S/c1-10(2)14-17-18-15(20-14)21-8-7-13(19)16-12-6-4-5-11(3)9-12/h4-6,9-10H,7-8H2,1-3H3,(H,16,19). The lowest BCUT2D eigenvalue weighted by atomic mass is 10.2. The molecule has 2 rings (SSSR count). The molecule has 0 saturated carbocycles. The van der Waals surface area contributed by atoms with Gasteiger partial charge in [-0.3, -0.25) is 4.79 Å². The molecule has 112 valence electrons. The number of aromatic nitrogens is 2. The Balaban J connectivity index is 1.76. The molecule has 0 unspecified atom stereocenters. The Morgan fingerprint density at radius 3 is 2.86 bits per heavy atom. The Morgan fingerprint density at radius 2 is 2.19 bits per heavy atom. The summed E-state index contributed by atoms with van der Waals surface area (Å²) < 4.78 is 5.47. The Bertz CT molecular complexity index is 610. The molecule has 1 aromatic carbocycles. The smallest absolute Gasteiger partial charge is 0.276 e. The molecule has 0 fully saturated rings. The Morgan fingerprint density at radius 1 is 1.38 bits per heavy atom. The molecule has 2 aromatic rings. The summed E-state index contributed by atoms with van der Waals surface area (Å²) in [5.74, 6) is 1.44. The van der Waals surface area contributed by atoms with Crippen molar-refractivity contribution >= 4 is 23.4 Å². The van der Waals surface area contributed by atoms with Crippen LogP contribution in [-0.2, 0) is 4.79 Å². The molecular weight excluding hydrogens is 286 g/mol. The van der Waals surface area contributed by atoms with E-state index < -0.39 is 0 Å². The van der Waals surface area contributed by atoms with Gasteiger partial charge in [-0.05, 0) is 24.6 Å². The van der Waals surface area contributed by atoms with Crippen LogP contribution in [0.25, 0.3) is 0 Å². The fraction of sp³-hybridized carbons (Fsp3) is 0.400. The molecule has 5 nitrogen and oxygen atoms in total. The van der Waals surface area contributed by atoms with Crippen molar-refractivity contribution in [2.24, 2.45) is 0 Å². The summed E-state index contributed by atoms with van der Waals surface area (Å²) in [7, 11) is 0. The van der Waals surface area contributed by atoms with Gasteiger partial charge < -0.3 is 9.73 Å². The highest BCUT2D eigenvalue weighted by atomic mass is 32.2. The topological polar surface area (TPSA) is 68.0 Å². The second-order valence-corrected chi connectivity index (χ2v) is 6.12. The number of amides is 1. The second-order valence-electron chi connectivity index (χ2n) is 5.08. The monoisotopic (exact) mass is 305 g/mol. The number of nitrogens with zero attached hydrogens (tertiary/aromatic N) is 2. The molecule has 1 aromatic heterocycles. The van der Waals surface area contributed by atoms with Crippen molar-refractivity contribution < 1.29 is 9.21 Å². The molecule has 1 amide bonds. The summed E-state index contributed by atoms with van der Waals surface area (Å²) in [6.07, 6.45) is 0.401. The third kappa shape index (κ3) is 4.90. The van der Waals surface area contributed by atoms with Crippen LogP contribution in [0.4, 0.5) is 5.69 Å². The number of thioether (sulfide) groups is 1. The van der Waals surface area contributed by atoms with Gasteiger partial charge in [0.05, 0.1) is 0 Å². The fourth-order valence-corrected chi connectivity index (χ4v) is 2.39. The van der Waals surface area contributed by atoms with Crippen LogP contribution >= 0.6 is 11.8 Å². The maximum Gasteiger partial charge on any atom is 0.276 e. The third-order valence-corrected chi connectivity index (χ3v) is 3.59. The van der Waals surface area contributed by atoms with E-state index in [1.807, 2.05) is 45.0 Å². The number of nitrogens with one attached hydrogen (secondary N) is 1. The molecule has 21 heavy (non-hydrogen) atoms. The van der Waals surface area contributed by atoms with Crippen LogP contribution in [0.2, 0.25) is 0 Å². The highest BCUT2D eigenvalue weighted by molar-refractivity contribution is 7.99. The molecule has 0 aliphatic rings. The number of rotatable bonds is 6. The summed E-state index contributed by atoms with van der Waals surface area (Å²) in [5.41, 5.74) is 1.94. The molecule has 0 bridgehead atoms. The number of anilines is 1. The van der Waals surface area contributed by atoms with Crippen LogP contribution in [0.1, 0.15) is 37.6 Å². The lowest BCUT2D eigenvalue weighted by Gasteiger charge is -2.05. The van der Waals surface area contributed by atoms with Gasteiger partial charge in [0.25, 0.3) is 5.22 Å². The average molecular weight is 305 g/mol. The van der Waals surface area contributed by atoms with E-state index in [1.54, 1.807) is 0 Å². The van der Waals surface area contributed by atoms with E-state index in [1.165, 1.54) is 11.8 Å². The first kappa shape index (κ1) is 15.6. The van der Waals surface area contributed by atoms with Gasteiger partial charge in [0.2, 0.25) is 11.8 Å². The summed E-state index contributed by atoms with van der Waals surface area (Å²) in [4.78, 5) is 11.8. The van der Waals surface area contributed by atoms with Crippen molar-refractivity contribution in [2.45, 2.75) is 38.3 Å². The Labute approximate surface area is 128 Å². The van der Waals surface area contributed by atoms with Gasteiger partial charge >= 0.3 is 0 Å². The minimum absolute atomic E-state index is 0.0169. The maximum absolute atomic E-state index is 11.8. The number of carbonyl (C=O) groups is 1. The molecule has 0 saturated heterocycles. The first-order valence-electron chi connectivity index (χ1n) is 6.87. The van der Waals surface area contributed by atoms with Gasteiger partial charge in [-0.15, -0.1) is 10.2 Å². The number of carbonyl (C=O) groups excluding carboxylic acids is 1. The van der Waals surface area contributed by atoms with Gasteiger partial charge in [0.15, 0.2) is 0 Å². The van der Waals surface area contributed by atoms with Gasteiger partial charge in [-0.2, -0.15) is 0 Å². The highest BCUT2D eigenvalue weighted by Crippen LogP contribution is 2.21. The van der Waals surface area contributed by atoms with E-state index in [9.17, 15) is 4.79 Å². The first-order chi connectivity index (χ1) is 10.0. The van der Waals surface area contributed by atoms with E-state index in [0.29, 0.717) is 23.3 Å². The number of aryl methyl sites for hydroxylation is 1. The van der Waals surface area contributed by atoms with E-state index in [4.69, 9.17) is 4.42 Å². The van der Waals surface area contributed by atoms with Crippen molar-refractivity contribution in [1.29, 1.82) is 0 Å². The summed E-state index contributed by atoms with van der Waals surface area (Å²) in [6.45, 7) is 5.99. The predicted octanol–water partition coefficient (Wildman–Crippen LogP) is 3.62. The van der Waals surface area contributed by atoms with Crippen molar-refractivity contribution in [3.63, 3.8) is 0 Å². The summed E-state index contributed by atoms with van der Waals surface area (Å²) in [5, 5.41) is 11.3. The summed E-state index contributed by atoms with van der Waals surface area (Å²) >= 11 is 1.40. The molecule has 0 atom stereocenters. The normalized spacial score (nSPS) is 10.9. The largest absolute Gasteiger partial charge is 0.416 e. The van der Waals surface area contributed by atoms with Crippen LogP contribution in [0, 0.1) is 6.92 Å². The van der Waals surface area contributed by atoms with Gasteiger partial charge in [0, 0.05) is 23.8 Å². The lowest BCUT2D eigenvalue weighted by molar-refractivity contribution is -0.115. The minimum Gasteiger partial charge on any atom is -0.416 e. The van der Waals surface area contributed by atoms with Crippen molar-refractivity contribution in [2.75, 3.05) is 11.1 Å². The van der Waals surface area contributed by atoms with Crippen LogP contribution in [0.5, 0.6) is 0 Å². The Kier molecular flexibility index (Phi) is 5.38. The molecule has 1 heterocycles. The lowest BCUT2D eigenvalue weighted by Crippen LogP contribution is -2.12. The van der Waals surface area contributed by atoms with Crippen LogP contribution in [0.3, 0.4) is 0 Å². The van der Waals surface area contributed by atoms with E-state index in [-0.39, 0.29) is 11.8 Å². The van der Waals surface area contributed by atoms with E-state index in [2.05, 4.69) is 15.5 Å². The molecule has 0 aliphatic heterocycles. The van der Waals surface area contributed by atoms with Crippen molar-refractivity contribution in [3.8, 4) is 0 Å². The quantitative estimate of drug-likeness (QED) is 0.825. The van der Waals surface area contributed by atoms with Gasteiger partial charge in [-0.1, -0.05) is 37.7 Å². The average Bonchev–Trinajstić information content (AvgIpc) is 2.87. The van der Waals surface area contributed by atoms with Gasteiger partial charge in [-0.25, -0.2) is 0 Å². The van der Waals surface area contributed by atoms with E-state index in [0.717, 1.165) is 11.3 Å². The van der Waals surface area contributed by atoms with Crippen LogP contribution in [-0.4, -0.2) is 21.9 Å². The van der Waals surface area contributed by atoms with Crippen molar-refractivity contribution in [1.82, 2.24) is 10.2 Å². The predicted molar refractivity (Wildman–Crippen MR) is 83.5 cm³/mol. The Hall–Kier alpha value is -1.82. The number of hydrogen-bond donors (Lipinski definition) is 1.